The Morgan fingerprint density at radius 1 is 1.24 bits per heavy atom. The molecular formula is C21H26ClN3O7S. The molecule has 2 aromatic rings. The van der Waals surface area contributed by atoms with Crippen LogP contribution in [0.15, 0.2) is 26.6 Å². The zero-order valence-electron chi connectivity index (χ0n) is 18.3. The zero-order chi connectivity index (χ0) is 23.9. The molecule has 0 bridgehead atoms. The first-order valence-corrected chi connectivity index (χ1v) is 12.7. The molecule has 0 amide bonds. The van der Waals surface area contributed by atoms with Gasteiger partial charge in [0.05, 0.1) is 35.6 Å². The average molecular weight is 500 g/mol. The van der Waals surface area contributed by atoms with Gasteiger partial charge in [-0.1, -0.05) is 23.0 Å². The third-order valence-corrected chi connectivity index (χ3v) is 8.16. The van der Waals surface area contributed by atoms with Gasteiger partial charge in [0.1, 0.15) is 16.3 Å². The first-order valence-electron chi connectivity index (χ1n) is 10.8. The minimum absolute atomic E-state index is 0.0529. The summed E-state index contributed by atoms with van der Waals surface area (Å²) >= 11 is 6.09. The highest BCUT2D eigenvalue weighted by molar-refractivity contribution is 7.89. The van der Waals surface area contributed by atoms with Gasteiger partial charge in [-0.3, -0.25) is 14.4 Å². The first kappa shape index (κ1) is 24.0. The molecule has 2 aliphatic heterocycles. The molecule has 2 heterocycles. The molecule has 2 fully saturated rings. The van der Waals surface area contributed by atoms with Crippen molar-refractivity contribution in [3.63, 3.8) is 0 Å². The topological polar surface area (TPSA) is 134 Å². The van der Waals surface area contributed by atoms with Gasteiger partial charge in [-0.2, -0.15) is 0 Å². The van der Waals surface area contributed by atoms with Gasteiger partial charge >= 0.3 is 0 Å². The van der Waals surface area contributed by atoms with Crippen LogP contribution >= 0.6 is 11.6 Å². The maximum atomic E-state index is 12.9. The predicted octanol–water partition coefficient (Wildman–Crippen LogP) is 2.47. The van der Waals surface area contributed by atoms with Crippen LogP contribution in [0.2, 0.25) is 5.02 Å². The lowest BCUT2D eigenvalue weighted by Gasteiger charge is -2.26. The lowest BCUT2D eigenvalue weighted by molar-refractivity contribution is -0.0285. The molecule has 2 aromatic carbocycles. The van der Waals surface area contributed by atoms with Gasteiger partial charge in [-0.05, 0) is 44.7 Å². The van der Waals surface area contributed by atoms with Crippen LogP contribution in [0.4, 0.5) is 17.1 Å². The fraction of sp³-hybridized carbons (Fsp3) is 0.524. The highest BCUT2D eigenvalue weighted by atomic mass is 35.5. The quantitative estimate of drug-likeness (QED) is 0.369. The lowest BCUT2D eigenvalue weighted by atomic mass is 10.0. The van der Waals surface area contributed by atoms with Crippen LogP contribution in [0.25, 0.3) is 0 Å². The number of halogens is 1. The second-order valence-electron chi connectivity index (χ2n) is 8.25. The number of hydroxylamine groups is 1. The number of hydrogen-bond acceptors (Lipinski definition) is 9. The van der Waals surface area contributed by atoms with E-state index in [1.54, 1.807) is 0 Å². The minimum Gasteiger partial charge on any atom is -0.504 e. The molecule has 33 heavy (non-hydrogen) atoms. The third kappa shape index (κ3) is 4.35. The molecule has 0 spiro atoms. The fourth-order valence-electron chi connectivity index (χ4n) is 4.16. The summed E-state index contributed by atoms with van der Waals surface area (Å²) < 4.78 is 32.5. The molecule has 0 unspecified atom stereocenters. The van der Waals surface area contributed by atoms with Gasteiger partial charge in [0.2, 0.25) is 0 Å². The average Bonchev–Trinajstić information content (AvgIpc) is 3.47. The number of anilines is 3. The Balaban J connectivity index is 1.62. The van der Waals surface area contributed by atoms with Crippen LogP contribution in [0.1, 0.15) is 39.5 Å². The smallest absolute Gasteiger partial charge is 0.270 e. The second-order valence-corrected chi connectivity index (χ2v) is 10.4. The molecule has 2 aliphatic rings. The molecule has 0 radical (unpaired) electrons. The van der Waals surface area contributed by atoms with Crippen LogP contribution in [0.3, 0.4) is 0 Å². The fourth-order valence-corrected chi connectivity index (χ4v) is 6.06. The van der Waals surface area contributed by atoms with E-state index in [4.69, 9.17) is 21.2 Å². The molecular weight excluding hydrogens is 474 g/mol. The molecule has 12 heteroatoms. The number of hydrogen-bond donors (Lipinski definition) is 3. The summed E-state index contributed by atoms with van der Waals surface area (Å²) in [6.07, 6.45) is 2.96. The number of aromatic hydroxyl groups is 1. The van der Waals surface area contributed by atoms with Crippen LogP contribution in [-0.2, 0) is 19.6 Å². The van der Waals surface area contributed by atoms with E-state index in [9.17, 15) is 23.1 Å². The number of rotatable bonds is 8. The van der Waals surface area contributed by atoms with Crippen molar-refractivity contribution in [3.8, 4) is 5.75 Å². The van der Waals surface area contributed by atoms with Crippen molar-refractivity contribution < 1.29 is 23.1 Å². The van der Waals surface area contributed by atoms with E-state index in [0.29, 0.717) is 12.8 Å². The standard InChI is InChI=1S/C21H26ClN3O7S/c1-3-13(15-8-5-11(2)32-15)23-16-17(20(28)19(16)27)24-14-7-6-12(22)21(18(14)26)33(29,30)25-9-4-10-31-25/h6-7,11,13,15,23-24,26H,3-5,8-10H2,1-2H3/t11-,13-,15-/m1/s1. The van der Waals surface area contributed by atoms with Crippen molar-refractivity contribution in [2.24, 2.45) is 0 Å². The van der Waals surface area contributed by atoms with Crippen molar-refractivity contribution in [1.29, 1.82) is 0 Å². The number of benzene rings is 1. The summed E-state index contributed by atoms with van der Waals surface area (Å²) in [7, 11) is -4.24. The summed E-state index contributed by atoms with van der Waals surface area (Å²) in [6, 6.07) is 2.44. The molecule has 0 saturated carbocycles. The van der Waals surface area contributed by atoms with Crippen LogP contribution in [0, 0.1) is 0 Å². The van der Waals surface area contributed by atoms with Crippen LogP contribution in [-0.4, -0.2) is 49.4 Å². The Labute approximate surface area is 196 Å². The summed E-state index contributed by atoms with van der Waals surface area (Å²) in [5.41, 5.74) is -1.51. The van der Waals surface area contributed by atoms with E-state index >= 15 is 0 Å². The largest absolute Gasteiger partial charge is 0.504 e. The highest BCUT2D eigenvalue weighted by Crippen LogP contribution is 2.40. The first-order chi connectivity index (χ1) is 15.6. The monoisotopic (exact) mass is 499 g/mol. The van der Waals surface area contributed by atoms with Crippen molar-refractivity contribution in [1.82, 2.24) is 4.47 Å². The maximum absolute atomic E-state index is 12.9. The Morgan fingerprint density at radius 2 is 1.97 bits per heavy atom. The SMILES string of the molecule is CC[C@@H](Nc1c(Nc2ccc(Cl)c(S(=O)(=O)N3CCCO3)c2O)c(=O)c1=O)[C@H]1CC[C@@H](C)O1. The van der Waals surface area contributed by atoms with Crippen molar-refractivity contribution >= 4 is 38.7 Å². The number of sulfonamides is 1. The highest BCUT2D eigenvalue weighted by Gasteiger charge is 2.35. The van der Waals surface area contributed by atoms with Gasteiger partial charge in [0, 0.05) is 6.54 Å². The van der Waals surface area contributed by atoms with Crippen LogP contribution < -0.4 is 21.5 Å². The van der Waals surface area contributed by atoms with E-state index in [0.717, 1.165) is 17.3 Å². The molecule has 3 atom stereocenters. The van der Waals surface area contributed by atoms with Gasteiger partial charge in [0.15, 0.2) is 5.75 Å². The van der Waals surface area contributed by atoms with Crippen molar-refractivity contribution in [2.45, 2.75) is 62.7 Å². The van der Waals surface area contributed by atoms with E-state index in [1.165, 1.54) is 12.1 Å². The minimum atomic E-state index is -4.24. The molecule has 0 aromatic heterocycles. The number of nitrogens with zero attached hydrogens (tertiary/aromatic N) is 1. The summed E-state index contributed by atoms with van der Waals surface area (Å²) in [5, 5.41) is 16.3. The Morgan fingerprint density at radius 3 is 2.58 bits per heavy atom. The van der Waals surface area contributed by atoms with Gasteiger partial charge < -0.3 is 20.5 Å². The molecule has 2 saturated heterocycles. The van der Waals surface area contributed by atoms with E-state index in [1.807, 2.05) is 13.8 Å². The van der Waals surface area contributed by atoms with E-state index < -0.39 is 31.5 Å². The Hall–Kier alpha value is -2.18. The molecule has 0 aliphatic carbocycles. The van der Waals surface area contributed by atoms with Gasteiger partial charge in [-0.25, -0.2) is 8.42 Å². The van der Waals surface area contributed by atoms with Crippen molar-refractivity contribution in [3.05, 3.63) is 37.6 Å². The Kier molecular flexibility index (Phi) is 6.70. The molecule has 3 N–H and O–H groups in total. The maximum Gasteiger partial charge on any atom is 0.270 e. The number of phenolic OH excluding ortho intramolecular Hbond substituents is 1. The molecule has 4 rings (SSSR count). The number of phenols is 1. The van der Waals surface area contributed by atoms with Gasteiger partial charge in [0.25, 0.3) is 20.9 Å². The third-order valence-electron chi connectivity index (χ3n) is 5.98. The summed E-state index contributed by atoms with van der Waals surface area (Å²) in [5.74, 6) is -0.669. The van der Waals surface area contributed by atoms with E-state index in [-0.39, 0.29) is 53.5 Å². The Bertz CT molecular complexity index is 1220. The number of nitrogens with one attached hydrogen (secondary N) is 2. The van der Waals surface area contributed by atoms with Crippen LogP contribution in [0.5, 0.6) is 5.75 Å². The zero-order valence-corrected chi connectivity index (χ0v) is 19.8. The van der Waals surface area contributed by atoms with Gasteiger partial charge in [-0.15, -0.1) is 0 Å². The summed E-state index contributed by atoms with van der Waals surface area (Å²) in [6.45, 7) is 4.29. The van der Waals surface area contributed by atoms with E-state index in [2.05, 4.69) is 10.6 Å². The van der Waals surface area contributed by atoms with Crippen molar-refractivity contribution in [2.75, 3.05) is 23.8 Å². The normalized spacial score (nSPS) is 22.6. The second kappa shape index (κ2) is 9.22. The number of ether oxygens (including phenoxy) is 1. The predicted molar refractivity (Wildman–Crippen MR) is 123 cm³/mol. The lowest BCUT2D eigenvalue weighted by Crippen LogP contribution is -2.42. The molecule has 180 valence electrons. The molecule has 10 nitrogen and oxygen atoms in total. The summed E-state index contributed by atoms with van der Waals surface area (Å²) in [4.78, 5) is 29.2.